The van der Waals surface area contributed by atoms with Gasteiger partial charge in [-0.3, -0.25) is 0 Å². The molecule has 0 fully saturated rings. The van der Waals surface area contributed by atoms with Crippen molar-refractivity contribution >= 4 is 11.9 Å². The second-order valence-corrected chi connectivity index (χ2v) is 9.91. The van der Waals surface area contributed by atoms with Crippen molar-refractivity contribution in [3.63, 3.8) is 0 Å². The Morgan fingerprint density at radius 3 is 1.47 bits per heavy atom. The second-order valence-electron chi connectivity index (χ2n) is 9.91. The van der Waals surface area contributed by atoms with Crippen molar-refractivity contribution in [3.8, 4) is 0 Å². The molecule has 0 radical (unpaired) electrons. The number of carbonyl (C=O) groups is 2. The molecule has 0 aliphatic rings. The number of esters is 2. The van der Waals surface area contributed by atoms with Crippen LogP contribution in [0.25, 0.3) is 0 Å². The monoisotopic (exact) mass is 474 g/mol. The van der Waals surface area contributed by atoms with Gasteiger partial charge in [-0.15, -0.1) is 0 Å². The lowest BCUT2D eigenvalue weighted by Gasteiger charge is -2.19. The van der Waals surface area contributed by atoms with Gasteiger partial charge < -0.3 is 9.47 Å². The Labute approximate surface area is 209 Å². The van der Waals surface area contributed by atoms with E-state index in [0.717, 1.165) is 19.3 Å². The summed E-state index contributed by atoms with van der Waals surface area (Å²) < 4.78 is 10.9. The van der Waals surface area contributed by atoms with Crippen LogP contribution in [0, 0.1) is 5.92 Å². The van der Waals surface area contributed by atoms with Crippen LogP contribution in [0.3, 0.4) is 0 Å². The van der Waals surface area contributed by atoms with E-state index in [1.807, 2.05) is 20.8 Å². The fourth-order valence-corrected chi connectivity index (χ4v) is 4.18. The Balaban J connectivity index is 2.07. The largest absolute Gasteiger partial charge is 0.462 e. The lowest BCUT2D eigenvalue weighted by molar-refractivity contribution is 0.0173. The predicted molar refractivity (Wildman–Crippen MR) is 141 cm³/mol. The van der Waals surface area contributed by atoms with Crippen molar-refractivity contribution in [3.05, 3.63) is 35.4 Å². The number of carbonyl (C=O) groups excluding carboxylic acids is 2. The second kappa shape index (κ2) is 19.5. The highest BCUT2D eigenvalue weighted by atomic mass is 16.5. The van der Waals surface area contributed by atoms with Crippen molar-refractivity contribution in [1.29, 1.82) is 0 Å². The Hall–Kier alpha value is -1.84. The molecule has 0 aliphatic heterocycles. The van der Waals surface area contributed by atoms with Crippen LogP contribution in [-0.2, 0) is 9.47 Å². The molecule has 0 saturated carbocycles. The molecule has 4 nitrogen and oxygen atoms in total. The molecule has 0 bridgehead atoms. The summed E-state index contributed by atoms with van der Waals surface area (Å²) in [5.41, 5.74) is 0.931. The molecule has 4 heteroatoms. The Kier molecular flexibility index (Phi) is 17.3. The number of hydrogen-bond acceptors (Lipinski definition) is 4. The molecule has 0 heterocycles. The molecule has 0 amide bonds. The van der Waals surface area contributed by atoms with Crippen molar-refractivity contribution in [1.82, 2.24) is 0 Å². The third-order valence-electron chi connectivity index (χ3n) is 6.49. The molecule has 34 heavy (non-hydrogen) atoms. The van der Waals surface area contributed by atoms with Crippen LogP contribution in [0.1, 0.15) is 145 Å². The first kappa shape index (κ1) is 30.2. The third kappa shape index (κ3) is 13.8. The molecule has 194 valence electrons. The molecular formula is C30H50O4. The maximum Gasteiger partial charge on any atom is 0.338 e. The third-order valence-corrected chi connectivity index (χ3v) is 6.49. The summed E-state index contributed by atoms with van der Waals surface area (Å²) in [5.74, 6) is -0.399. The normalized spacial score (nSPS) is 12.0. The van der Waals surface area contributed by atoms with Crippen molar-refractivity contribution < 1.29 is 19.1 Å². The van der Waals surface area contributed by atoms with Gasteiger partial charge in [-0.05, 0) is 43.0 Å². The molecule has 0 N–H and O–H groups in total. The van der Waals surface area contributed by atoms with E-state index in [4.69, 9.17) is 9.47 Å². The van der Waals surface area contributed by atoms with Crippen molar-refractivity contribution in [2.24, 2.45) is 5.92 Å². The molecule has 1 atom stereocenters. The lowest BCUT2D eigenvalue weighted by atomic mass is 10.0. The fourth-order valence-electron chi connectivity index (χ4n) is 4.18. The zero-order valence-electron chi connectivity index (χ0n) is 22.4. The topological polar surface area (TPSA) is 52.6 Å². The number of rotatable bonds is 20. The summed E-state index contributed by atoms with van der Waals surface area (Å²) in [7, 11) is 0. The molecule has 1 aromatic carbocycles. The molecule has 0 saturated heterocycles. The minimum Gasteiger partial charge on any atom is -0.462 e. The molecule has 0 spiro atoms. The zero-order valence-corrected chi connectivity index (χ0v) is 22.4. The van der Waals surface area contributed by atoms with Crippen molar-refractivity contribution in [2.75, 3.05) is 6.61 Å². The minimum absolute atomic E-state index is 0.0951. The first-order valence-electron chi connectivity index (χ1n) is 14.0. The molecule has 1 aromatic rings. The van der Waals surface area contributed by atoms with Crippen molar-refractivity contribution in [2.45, 2.75) is 130 Å². The van der Waals surface area contributed by atoms with Gasteiger partial charge in [0.25, 0.3) is 0 Å². The van der Waals surface area contributed by atoms with Crippen LogP contribution in [0.2, 0.25) is 0 Å². The van der Waals surface area contributed by atoms with E-state index < -0.39 is 0 Å². The summed E-state index contributed by atoms with van der Waals surface area (Å²) in [6, 6.07) is 6.55. The summed E-state index contributed by atoms with van der Waals surface area (Å²) in [5, 5.41) is 0. The predicted octanol–water partition coefficient (Wildman–Crippen LogP) is 8.92. The minimum atomic E-state index is -0.345. The van der Waals surface area contributed by atoms with E-state index in [1.165, 1.54) is 77.0 Å². The highest BCUT2D eigenvalue weighted by molar-refractivity contribution is 5.93. The number of hydrogen-bond donors (Lipinski definition) is 0. The van der Waals surface area contributed by atoms with E-state index >= 15 is 0 Å². The van der Waals surface area contributed by atoms with Crippen LogP contribution < -0.4 is 0 Å². The van der Waals surface area contributed by atoms with Gasteiger partial charge >= 0.3 is 11.9 Å². The molecule has 1 rings (SSSR count). The summed E-state index contributed by atoms with van der Waals surface area (Å²) in [6.45, 7) is 8.81. The van der Waals surface area contributed by atoms with E-state index in [0.29, 0.717) is 17.7 Å². The summed E-state index contributed by atoms with van der Waals surface area (Å²) in [6.07, 6.45) is 19.0. The Morgan fingerprint density at radius 1 is 0.647 bits per heavy atom. The smallest absolute Gasteiger partial charge is 0.338 e. The average molecular weight is 475 g/mol. The maximum absolute atomic E-state index is 12.3. The Bertz CT molecular complexity index is 650. The van der Waals surface area contributed by atoms with Crippen LogP contribution in [0.5, 0.6) is 0 Å². The zero-order chi connectivity index (χ0) is 25.0. The van der Waals surface area contributed by atoms with E-state index in [-0.39, 0.29) is 24.0 Å². The van der Waals surface area contributed by atoms with Gasteiger partial charge in [-0.2, -0.15) is 0 Å². The van der Waals surface area contributed by atoms with Crippen LogP contribution in [0.4, 0.5) is 0 Å². The van der Waals surface area contributed by atoms with E-state index in [1.54, 1.807) is 24.3 Å². The first-order chi connectivity index (χ1) is 16.5. The van der Waals surface area contributed by atoms with Gasteiger partial charge in [0.2, 0.25) is 0 Å². The van der Waals surface area contributed by atoms with Gasteiger partial charge in [-0.25, -0.2) is 9.59 Å². The summed E-state index contributed by atoms with van der Waals surface area (Å²) in [4.78, 5) is 24.5. The van der Waals surface area contributed by atoms with Crippen LogP contribution in [0.15, 0.2) is 24.3 Å². The van der Waals surface area contributed by atoms with E-state index in [2.05, 4.69) is 6.92 Å². The molecule has 0 aromatic heterocycles. The highest BCUT2D eigenvalue weighted by Gasteiger charge is 2.18. The van der Waals surface area contributed by atoms with Crippen LogP contribution in [-0.4, -0.2) is 24.6 Å². The van der Waals surface area contributed by atoms with Gasteiger partial charge in [-0.1, -0.05) is 111 Å². The fraction of sp³-hybridized carbons (Fsp3) is 0.733. The number of ether oxygens (including phenoxy) is 2. The van der Waals surface area contributed by atoms with Gasteiger partial charge in [0.05, 0.1) is 17.7 Å². The lowest BCUT2D eigenvalue weighted by Crippen LogP contribution is -2.22. The van der Waals surface area contributed by atoms with Gasteiger partial charge in [0.15, 0.2) is 0 Å². The number of benzene rings is 1. The van der Waals surface area contributed by atoms with E-state index in [9.17, 15) is 9.59 Å². The summed E-state index contributed by atoms with van der Waals surface area (Å²) >= 11 is 0. The molecule has 1 unspecified atom stereocenters. The SMILES string of the molecule is CCCCCCCCCCCCCCCCOC(=O)c1ccc(C(=O)OC(CC)C(C)C)cc1. The maximum atomic E-state index is 12.3. The van der Waals surface area contributed by atoms with Crippen LogP contribution >= 0.6 is 0 Å². The van der Waals surface area contributed by atoms with Gasteiger partial charge in [0, 0.05) is 0 Å². The van der Waals surface area contributed by atoms with Gasteiger partial charge in [0.1, 0.15) is 6.10 Å². The molecular weight excluding hydrogens is 424 g/mol. The average Bonchev–Trinajstić information content (AvgIpc) is 2.84. The Morgan fingerprint density at radius 2 is 1.06 bits per heavy atom. The first-order valence-corrected chi connectivity index (χ1v) is 14.0. The number of unbranched alkanes of at least 4 members (excludes halogenated alkanes) is 13. The highest BCUT2D eigenvalue weighted by Crippen LogP contribution is 2.15. The standard InChI is InChI=1S/C30H50O4/c1-5-7-8-9-10-11-12-13-14-15-16-17-18-19-24-33-29(31)26-20-22-27(23-21-26)30(32)34-28(6-2)25(3)4/h20-23,25,28H,5-19,24H2,1-4H3. The molecule has 0 aliphatic carbocycles. The quantitative estimate of drug-likeness (QED) is 0.140.